The summed E-state index contributed by atoms with van der Waals surface area (Å²) in [6, 6.07) is 10.5. The lowest BCUT2D eigenvalue weighted by molar-refractivity contribution is 0.00730. The number of aromatic nitrogens is 1. The number of nitrogens with two attached hydrogens (primary N) is 1. The predicted molar refractivity (Wildman–Crippen MR) is 81.6 cm³/mol. The van der Waals surface area contributed by atoms with Crippen LogP contribution < -0.4 is 5.73 Å². The summed E-state index contributed by atoms with van der Waals surface area (Å²) in [5, 5.41) is 1.16. The largest absolute Gasteiger partial charge is 0.378 e. The molecule has 20 heavy (non-hydrogen) atoms. The first-order valence-electron chi connectivity index (χ1n) is 7.47. The molecule has 0 saturated carbocycles. The van der Waals surface area contributed by atoms with Crippen molar-refractivity contribution in [2.24, 2.45) is 5.73 Å². The van der Waals surface area contributed by atoms with E-state index < -0.39 is 0 Å². The molecule has 3 heteroatoms. The van der Waals surface area contributed by atoms with Crippen molar-refractivity contribution >= 4 is 10.9 Å². The summed E-state index contributed by atoms with van der Waals surface area (Å²) in [6.45, 7) is 2.90. The quantitative estimate of drug-likeness (QED) is 0.928. The first-order chi connectivity index (χ1) is 9.72. The highest BCUT2D eigenvalue weighted by Gasteiger charge is 2.18. The van der Waals surface area contributed by atoms with Gasteiger partial charge in [0.2, 0.25) is 0 Å². The second kappa shape index (κ2) is 5.90. The molecule has 1 saturated heterocycles. The molecule has 2 N–H and O–H groups in total. The van der Waals surface area contributed by atoms with E-state index in [0.29, 0.717) is 6.10 Å². The molecule has 2 aromatic rings. The van der Waals surface area contributed by atoms with E-state index in [1.807, 2.05) is 13.0 Å². The Hall–Kier alpha value is -1.45. The summed E-state index contributed by atoms with van der Waals surface area (Å²) in [4.78, 5) is 4.53. The topological polar surface area (TPSA) is 48.1 Å². The van der Waals surface area contributed by atoms with Crippen LogP contribution in [0.1, 0.15) is 43.0 Å². The fourth-order valence-corrected chi connectivity index (χ4v) is 2.89. The third-order valence-electron chi connectivity index (χ3n) is 4.07. The molecule has 106 valence electrons. The molecule has 0 spiro atoms. The number of ether oxygens (including phenoxy) is 1. The van der Waals surface area contributed by atoms with E-state index >= 15 is 0 Å². The number of pyridine rings is 1. The summed E-state index contributed by atoms with van der Waals surface area (Å²) in [5.41, 5.74) is 9.61. The molecule has 3 rings (SSSR count). The molecule has 2 atom stereocenters. The zero-order valence-electron chi connectivity index (χ0n) is 12.0. The lowest BCUT2D eigenvalue weighted by atomic mass is 9.96. The first kappa shape index (κ1) is 13.5. The van der Waals surface area contributed by atoms with Crippen molar-refractivity contribution in [3.8, 4) is 0 Å². The Kier molecular flexibility index (Phi) is 3.99. The number of aryl methyl sites for hydroxylation is 1. The van der Waals surface area contributed by atoms with E-state index in [9.17, 15) is 0 Å². The van der Waals surface area contributed by atoms with Crippen LogP contribution in [0.25, 0.3) is 10.9 Å². The average Bonchev–Trinajstić information content (AvgIpc) is 2.47. The van der Waals surface area contributed by atoms with Crippen LogP contribution in [0.4, 0.5) is 0 Å². The van der Waals surface area contributed by atoms with Crippen LogP contribution in [0, 0.1) is 6.92 Å². The van der Waals surface area contributed by atoms with Crippen molar-refractivity contribution in [2.45, 2.75) is 44.8 Å². The molecule has 2 heterocycles. The highest BCUT2D eigenvalue weighted by molar-refractivity contribution is 5.79. The number of rotatable bonds is 3. The van der Waals surface area contributed by atoms with Gasteiger partial charge in [-0.15, -0.1) is 0 Å². The minimum absolute atomic E-state index is 0.0452. The molecule has 1 aromatic heterocycles. The van der Waals surface area contributed by atoms with Crippen LogP contribution in [0.3, 0.4) is 0 Å². The summed E-state index contributed by atoms with van der Waals surface area (Å²) >= 11 is 0. The van der Waals surface area contributed by atoms with Gasteiger partial charge in [-0.1, -0.05) is 12.1 Å². The van der Waals surface area contributed by atoms with E-state index in [2.05, 4.69) is 29.2 Å². The molecule has 0 bridgehead atoms. The standard InChI is InChI=1S/C17H22N2O/c1-12-5-6-14-10-13(7-8-17(14)19-12)16(18)11-15-4-2-3-9-20-15/h5-8,10,15-16H,2-4,9,11,18H2,1H3. The van der Waals surface area contributed by atoms with Gasteiger partial charge in [0.1, 0.15) is 0 Å². The fourth-order valence-electron chi connectivity index (χ4n) is 2.89. The van der Waals surface area contributed by atoms with Gasteiger partial charge in [0.25, 0.3) is 0 Å². The highest BCUT2D eigenvalue weighted by atomic mass is 16.5. The number of benzene rings is 1. The molecule has 1 aromatic carbocycles. The summed E-state index contributed by atoms with van der Waals surface area (Å²) in [5.74, 6) is 0. The van der Waals surface area contributed by atoms with Crippen LogP contribution in [-0.2, 0) is 4.74 Å². The van der Waals surface area contributed by atoms with Gasteiger partial charge in [0.15, 0.2) is 0 Å². The van der Waals surface area contributed by atoms with Crippen LogP contribution in [-0.4, -0.2) is 17.7 Å². The second-order valence-corrected chi connectivity index (χ2v) is 5.74. The maximum Gasteiger partial charge on any atom is 0.0705 e. The molecule has 2 unspecified atom stereocenters. The van der Waals surface area contributed by atoms with E-state index in [4.69, 9.17) is 10.5 Å². The SMILES string of the molecule is Cc1ccc2cc(C(N)CC3CCCCO3)ccc2n1. The molecule has 0 radical (unpaired) electrons. The third-order valence-corrected chi connectivity index (χ3v) is 4.07. The molecule has 1 fully saturated rings. The van der Waals surface area contributed by atoms with Crippen LogP contribution >= 0.6 is 0 Å². The van der Waals surface area contributed by atoms with Gasteiger partial charge >= 0.3 is 0 Å². The molecule has 3 nitrogen and oxygen atoms in total. The van der Waals surface area contributed by atoms with Crippen molar-refractivity contribution in [2.75, 3.05) is 6.61 Å². The van der Waals surface area contributed by atoms with Gasteiger partial charge in [0.05, 0.1) is 11.6 Å². The minimum atomic E-state index is 0.0452. The van der Waals surface area contributed by atoms with Crippen molar-refractivity contribution in [3.63, 3.8) is 0 Å². The number of hydrogen-bond acceptors (Lipinski definition) is 3. The lowest BCUT2D eigenvalue weighted by Crippen LogP contribution is -2.24. The van der Waals surface area contributed by atoms with Crippen molar-refractivity contribution in [3.05, 3.63) is 41.6 Å². The molecule has 1 aliphatic heterocycles. The Balaban J connectivity index is 1.76. The Morgan fingerprint density at radius 2 is 2.20 bits per heavy atom. The zero-order chi connectivity index (χ0) is 13.9. The van der Waals surface area contributed by atoms with Gasteiger partial charge in [-0.05, 0) is 56.4 Å². The third kappa shape index (κ3) is 3.00. The maximum atomic E-state index is 6.35. The van der Waals surface area contributed by atoms with Crippen LogP contribution in [0.15, 0.2) is 30.3 Å². The van der Waals surface area contributed by atoms with Crippen LogP contribution in [0.2, 0.25) is 0 Å². The van der Waals surface area contributed by atoms with Gasteiger partial charge in [0, 0.05) is 23.7 Å². The summed E-state index contributed by atoms with van der Waals surface area (Å²) in [6.07, 6.45) is 4.82. The highest BCUT2D eigenvalue weighted by Crippen LogP contribution is 2.25. The first-order valence-corrected chi connectivity index (χ1v) is 7.47. The summed E-state index contributed by atoms with van der Waals surface area (Å²) in [7, 11) is 0. The zero-order valence-corrected chi connectivity index (χ0v) is 12.0. The number of nitrogens with zero attached hydrogens (tertiary/aromatic N) is 1. The maximum absolute atomic E-state index is 6.35. The number of hydrogen-bond donors (Lipinski definition) is 1. The van der Waals surface area contributed by atoms with Crippen molar-refractivity contribution < 1.29 is 4.74 Å². The number of fused-ring (bicyclic) bond motifs is 1. The predicted octanol–water partition coefficient (Wildman–Crippen LogP) is 3.50. The van der Waals surface area contributed by atoms with E-state index in [1.165, 1.54) is 18.4 Å². The van der Waals surface area contributed by atoms with E-state index in [-0.39, 0.29) is 6.04 Å². The molecular formula is C17H22N2O. The van der Waals surface area contributed by atoms with E-state index in [1.54, 1.807) is 0 Å². The fraction of sp³-hybridized carbons (Fsp3) is 0.471. The van der Waals surface area contributed by atoms with Crippen molar-refractivity contribution in [1.82, 2.24) is 4.98 Å². The summed E-state index contributed by atoms with van der Waals surface area (Å²) < 4.78 is 5.78. The van der Waals surface area contributed by atoms with Gasteiger partial charge in [-0.3, -0.25) is 4.98 Å². The Morgan fingerprint density at radius 3 is 3.00 bits per heavy atom. The smallest absolute Gasteiger partial charge is 0.0705 e. The normalized spacial score (nSPS) is 21.0. The van der Waals surface area contributed by atoms with Gasteiger partial charge < -0.3 is 10.5 Å². The molecule has 1 aliphatic rings. The monoisotopic (exact) mass is 270 g/mol. The van der Waals surface area contributed by atoms with Gasteiger partial charge in [-0.2, -0.15) is 0 Å². The molecular weight excluding hydrogens is 248 g/mol. The minimum Gasteiger partial charge on any atom is -0.378 e. The molecule has 0 aliphatic carbocycles. The second-order valence-electron chi connectivity index (χ2n) is 5.74. The average molecular weight is 270 g/mol. The Morgan fingerprint density at radius 1 is 1.30 bits per heavy atom. The lowest BCUT2D eigenvalue weighted by Gasteiger charge is -2.25. The van der Waals surface area contributed by atoms with Gasteiger partial charge in [-0.25, -0.2) is 0 Å². The molecule has 0 amide bonds. The Bertz CT molecular complexity index is 591. The van der Waals surface area contributed by atoms with E-state index in [0.717, 1.165) is 36.0 Å². The van der Waals surface area contributed by atoms with Crippen molar-refractivity contribution in [1.29, 1.82) is 0 Å². The van der Waals surface area contributed by atoms with Crippen LogP contribution in [0.5, 0.6) is 0 Å². The Labute approximate surface area is 120 Å².